The summed E-state index contributed by atoms with van der Waals surface area (Å²) in [5.41, 5.74) is 9.01. The average molecular weight is 479 g/mol. The maximum absolute atomic E-state index is 12.5. The molecule has 1 amide bonds. The van der Waals surface area contributed by atoms with Gasteiger partial charge < -0.3 is 15.8 Å². The molecular formula is C25H20F3N5O2. The van der Waals surface area contributed by atoms with E-state index in [0.717, 1.165) is 18.4 Å². The molecule has 1 aromatic heterocycles. The number of nitriles is 1. The van der Waals surface area contributed by atoms with E-state index in [-0.39, 0.29) is 35.8 Å². The summed E-state index contributed by atoms with van der Waals surface area (Å²) in [4.78, 5) is 21.1. The molecular weight excluding hydrogens is 459 g/mol. The van der Waals surface area contributed by atoms with E-state index in [1.807, 2.05) is 6.07 Å². The van der Waals surface area contributed by atoms with Gasteiger partial charge in [0.15, 0.2) is 0 Å². The van der Waals surface area contributed by atoms with Gasteiger partial charge in [-0.3, -0.25) is 9.79 Å². The first-order valence-electron chi connectivity index (χ1n) is 10.7. The highest BCUT2D eigenvalue weighted by molar-refractivity contribution is 5.99. The van der Waals surface area contributed by atoms with Crippen LogP contribution in [0.25, 0.3) is 11.1 Å². The zero-order valence-electron chi connectivity index (χ0n) is 18.3. The monoisotopic (exact) mass is 479 g/mol. The molecule has 1 heterocycles. The van der Waals surface area contributed by atoms with E-state index < -0.39 is 6.36 Å². The molecule has 3 aromatic rings. The standard InChI is InChI=1S/C25H20F3N5O2/c26-25(27,28)35-20-9-7-17(8-10-20)19-11-21(32-22(12-19)33-24(34)18-5-6-18)23(30)31-14-16-3-1-15(13-29)2-4-16/h1-4,7-12,18H,5-6,14H2,(H2,30,31)(H,32,33,34). The molecule has 0 unspecified atom stereocenters. The number of ether oxygens (including phenoxy) is 1. The second-order valence-electron chi connectivity index (χ2n) is 7.97. The summed E-state index contributed by atoms with van der Waals surface area (Å²) in [5, 5.41) is 11.7. The van der Waals surface area contributed by atoms with Gasteiger partial charge in [0.25, 0.3) is 0 Å². The number of benzene rings is 2. The molecule has 4 rings (SSSR count). The first-order valence-corrected chi connectivity index (χ1v) is 10.7. The Morgan fingerprint density at radius 3 is 2.40 bits per heavy atom. The number of rotatable bonds is 7. The van der Waals surface area contributed by atoms with Gasteiger partial charge in [0, 0.05) is 5.92 Å². The Hall–Kier alpha value is -4.39. The van der Waals surface area contributed by atoms with Crippen molar-refractivity contribution >= 4 is 17.6 Å². The minimum absolute atomic E-state index is 0.0508. The Labute approximate surface area is 199 Å². The van der Waals surface area contributed by atoms with Crippen molar-refractivity contribution < 1.29 is 22.7 Å². The van der Waals surface area contributed by atoms with Crippen LogP contribution in [0, 0.1) is 17.2 Å². The number of hydrogen-bond donors (Lipinski definition) is 2. The van der Waals surface area contributed by atoms with Gasteiger partial charge in [-0.1, -0.05) is 24.3 Å². The van der Waals surface area contributed by atoms with Crippen molar-refractivity contribution in [2.24, 2.45) is 16.6 Å². The molecule has 10 heteroatoms. The lowest BCUT2D eigenvalue weighted by atomic mass is 10.1. The van der Waals surface area contributed by atoms with Crippen molar-refractivity contribution in [3.63, 3.8) is 0 Å². The number of aliphatic imine (C=N–C) groups is 1. The molecule has 3 N–H and O–H groups in total. The molecule has 1 aliphatic carbocycles. The minimum Gasteiger partial charge on any atom is -0.406 e. The summed E-state index contributed by atoms with van der Waals surface area (Å²) >= 11 is 0. The molecule has 178 valence electrons. The van der Waals surface area contributed by atoms with Crippen LogP contribution in [0.4, 0.5) is 19.0 Å². The first-order chi connectivity index (χ1) is 16.7. The third-order valence-corrected chi connectivity index (χ3v) is 5.22. The molecule has 2 aromatic carbocycles. The molecule has 0 atom stereocenters. The predicted molar refractivity (Wildman–Crippen MR) is 123 cm³/mol. The Morgan fingerprint density at radius 1 is 1.11 bits per heavy atom. The molecule has 35 heavy (non-hydrogen) atoms. The van der Waals surface area contributed by atoms with Gasteiger partial charge in [0.2, 0.25) is 5.91 Å². The summed E-state index contributed by atoms with van der Waals surface area (Å²) in [7, 11) is 0. The molecule has 1 saturated carbocycles. The fourth-order valence-corrected chi connectivity index (χ4v) is 3.26. The quantitative estimate of drug-likeness (QED) is 0.374. The highest BCUT2D eigenvalue weighted by Gasteiger charge is 2.31. The average Bonchev–Trinajstić information content (AvgIpc) is 3.68. The van der Waals surface area contributed by atoms with E-state index in [4.69, 9.17) is 11.0 Å². The summed E-state index contributed by atoms with van der Waals surface area (Å²) in [6.45, 7) is 0.247. The van der Waals surface area contributed by atoms with E-state index in [0.29, 0.717) is 22.4 Å². The van der Waals surface area contributed by atoms with Crippen molar-refractivity contribution in [2.45, 2.75) is 25.7 Å². The molecule has 1 aliphatic rings. The largest absolute Gasteiger partial charge is 0.573 e. The number of amides is 1. The lowest BCUT2D eigenvalue weighted by Crippen LogP contribution is -2.19. The van der Waals surface area contributed by atoms with Crippen LogP contribution in [0.3, 0.4) is 0 Å². The fraction of sp³-hybridized carbons (Fsp3) is 0.200. The number of aromatic nitrogens is 1. The van der Waals surface area contributed by atoms with E-state index in [9.17, 15) is 18.0 Å². The van der Waals surface area contributed by atoms with Gasteiger partial charge in [0.1, 0.15) is 23.1 Å². The van der Waals surface area contributed by atoms with Crippen molar-refractivity contribution in [3.8, 4) is 22.9 Å². The van der Waals surface area contributed by atoms with Crippen molar-refractivity contribution in [2.75, 3.05) is 5.32 Å². The van der Waals surface area contributed by atoms with E-state index in [1.165, 1.54) is 24.3 Å². The Balaban J connectivity index is 1.62. The van der Waals surface area contributed by atoms with Crippen LogP contribution in [0.2, 0.25) is 0 Å². The normalized spacial score (nSPS) is 13.7. The van der Waals surface area contributed by atoms with Crippen LogP contribution >= 0.6 is 0 Å². The first kappa shape index (κ1) is 23.8. The van der Waals surface area contributed by atoms with Crippen LogP contribution in [-0.4, -0.2) is 23.1 Å². The number of nitrogens with zero attached hydrogens (tertiary/aromatic N) is 3. The van der Waals surface area contributed by atoms with E-state index >= 15 is 0 Å². The fourth-order valence-electron chi connectivity index (χ4n) is 3.26. The number of nitrogens with one attached hydrogen (secondary N) is 1. The predicted octanol–water partition coefficient (Wildman–Crippen LogP) is 4.77. The molecule has 0 radical (unpaired) electrons. The molecule has 0 spiro atoms. The summed E-state index contributed by atoms with van der Waals surface area (Å²) in [6.07, 6.45) is -3.16. The van der Waals surface area contributed by atoms with Crippen molar-refractivity contribution in [1.82, 2.24) is 4.98 Å². The number of nitrogens with two attached hydrogens (primary N) is 1. The number of halogens is 3. The maximum Gasteiger partial charge on any atom is 0.573 e. The Morgan fingerprint density at radius 2 is 1.80 bits per heavy atom. The summed E-state index contributed by atoms with van der Waals surface area (Å²) in [6, 6.07) is 17.5. The van der Waals surface area contributed by atoms with Gasteiger partial charge in [0.05, 0.1) is 18.2 Å². The topological polar surface area (TPSA) is 113 Å². The van der Waals surface area contributed by atoms with Crippen LogP contribution in [0.1, 0.15) is 29.7 Å². The highest BCUT2D eigenvalue weighted by Crippen LogP contribution is 2.31. The van der Waals surface area contributed by atoms with Gasteiger partial charge in [-0.2, -0.15) is 5.26 Å². The number of pyridine rings is 1. The lowest BCUT2D eigenvalue weighted by Gasteiger charge is -2.12. The number of amidine groups is 1. The lowest BCUT2D eigenvalue weighted by molar-refractivity contribution is -0.274. The number of alkyl halides is 3. The number of hydrogen-bond acceptors (Lipinski definition) is 5. The Kier molecular flexibility index (Phi) is 6.68. The molecule has 7 nitrogen and oxygen atoms in total. The summed E-state index contributed by atoms with van der Waals surface area (Å²) < 4.78 is 41.3. The van der Waals surface area contributed by atoms with Crippen LogP contribution in [0.5, 0.6) is 5.75 Å². The molecule has 0 saturated heterocycles. The third-order valence-electron chi connectivity index (χ3n) is 5.22. The van der Waals surface area contributed by atoms with Gasteiger partial charge >= 0.3 is 6.36 Å². The zero-order chi connectivity index (χ0) is 25.0. The van der Waals surface area contributed by atoms with Gasteiger partial charge in [-0.15, -0.1) is 13.2 Å². The molecule has 1 fully saturated rings. The van der Waals surface area contributed by atoms with Gasteiger partial charge in [-0.25, -0.2) is 4.98 Å². The van der Waals surface area contributed by atoms with Crippen LogP contribution < -0.4 is 15.8 Å². The molecule has 0 aliphatic heterocycles. The minimum atomic E-state index is -4.79. The highest BCUT2D eigenvalue weighted by atomic mass is 19.4. The van der Waals surface area contributed by atoms with Crippen molar-refractivity contribution in [3.05, 3.63) is 77.5 Å². The smallest absolute Gasteiger partial charge is 0.406 e. The van der Waals surface area contributed by atoms with Gasteiger partial charge in [-0.05, 0) is 65.9 Å². The number of anilines is 1. The van der Waals surface area contributed by atoms with Crippen LogP contribution in [-0.2, 0) is 11.3 Å². The second-order valence-corrected chi connectivity index (χ2v) is 7.97. The summed E-state index contributed by atoms with van der Waals surface area (Å²) in [5.74, 6) is -0.161. The second kappa shape index (κ2) is 9.85. The Bertz CT molecular complexity index is 1290. The maximum atomic E-state index is 12.5. The SMILES string of the molecule is N#Cc1ccc(CN=C(N)c2cc(-c3ccc(OC(F)(F)F)cc3)cc(NC(=O)C3CC3)n2)cc1. The molecule has 0 bridgehead atoms. The zero-order valence-corrected chi connectivity index (χ0v) is 18.3. The number of carbonyl (C=O) groups is 1. The van der Waals surface area contributed by atoms with E-state index in [1.54, 1.807) is 36.4 Å². The number of carbonyl (C=O) groups excluding carboxylic acids is 1. The van der Waals surface area contributed by atoms with E-state index in [2.05, 4.69) is 20.0 Å². The third kappa shape index (κ3) is 6.57. The van der Waals surface area contributed by atoms with Crippen molar-refractivity contribution in [1.29, 1.82) is 5.26 Å². The van der Waals surface area contributed by atoms with Crippen LogP contribution in [0.15, 0.2) is 65.7 Å².